The molecule has 4 rings (SSSR count). The monoisotopic (exact) mass is 473 g/mol. The van der Waals surface area contributed by atoms with Gasteiger partial charge in [-0.2, -0.15) is 0 Å². The van der Waals surface area contributed by atoms with Crippen LogP contribution in [-0.4, -0.2) is 25.0 Å². The van der Waals surface area contributed by atoms with Gasteiger partial charge in [0.05, 0.1) is 4.90 Å². The van der Waals surface area contributed by atoms with Crippen molar-refractivity contribution >= 4 is 27.4 Å². The van der Waals surface area contributed by atoms with E-state index in [-0.39, 0.29) is 22.2 Å². The Kier molecular flexibility index (Phi) is 6.09. The molecule has 0 bridgehead atoms. The Bertz CT molecular complexity index is 1230. The molecule has 6 nitrogen and oxygen atoms in total. The number of nitrogens with one attached hydrogen (secondary N) is 1. The molecule has 1 aromatic heterocycles. The van der Waals surface area contributed by atoms with Crippen LogP contribution in [0.25, 0.3) is 0 Å². The Labute approximate surface area is 194 Å². The van der Waals surface area contributed by atoms with Crippen LogP contribution in [0.2, 0.25) is 5.02 Å². The second kappa shape index (κ2) is 8.54. The molecule has 0 aliphatic carbocycles. The molecule has 32 heavy (non-hydrogen) atoms. The Morgan fingerprint density at radius 1 is 1.12 bits per heavy atom. The van der Waals surface area contributed by atoms with Crippen molar-refractivity contribution < 1.29 is 12.9 Å². The summed E-state index contributed by atoms with van der Waals surface area (Å²) in [7, 11) is -3.78. The quantitative estimate of drug-likeness (QED) is 0.526. The van der Waals surface area contributed by atoms with E-state index in [1.807, 2.05) is 45.0 Å². The largest absolute Gasteiger partial charge is 0.359 e. The molecule has 0 saturated carbocycles. The van der Waals surface area contributed by atoms with Crippen LogP contribution in [-0.2, 0) is 28.4 Å². The molecule has 8 heteroatoms. The first-order valence-corrected chi connectivity index (χ1v) is 12.5. The molecule has 1 atom stereocenters. The van der Waals surface area contributed by atoms with E-state index in [0.29, 0.717) is 17.3 Å². The number of anilines is 1. The Hall–Kier alpha value is -2.35. The van der Waals surface area contributed by atoms with Gasteiger partial charge in [-0.05, 0) is 54.3 Å². The van der Waals surface area contributed by atoms with E-state index in [9.17, 15) is 8.42 Å². The lowest BCUT2D eigenvalue weighted by atomic mass is 9.93. The first-order chi connectivity index (χ1) is 15.0. The third-order valence-electron chi connectivity index (χ3n) is 5.90. The highest BCUT2D eigenvalue weighted by atomic mass is 35.5. The van der Waals surface area contributed by atoms with Gasteiger partial charge in [0.1, 0.15) is 5.76 Å². The number of nitrogens with zero attached hydrogens (tertiary/aromatic N) is 2. The summed E-state index contributed by atoms with van der Waals surface area (Å²) < 4.78 is 33.8. The predicted molar refractivity (Wildman–Crippen MR) is 126 cm³/mol. The fourth-order valence-electron chi connectivity index (χ4n) is 3.90. The summed E-state index contributed by atoms with van der Waals surface area (Å²) in [5.41, 5.74) is 3.08. The third-order valence-corrected chi connectivity index (χ3v) is 7.48. The van der Waals surface area contributed by atoms with E-state index in [1.54, 1.807) is 18.2 Å². The molecule has 0 spiro atoms. The lowest BCUT2D eigenvalue weighted by Crippen LogP contribution is -2.33. The Morgan fingerprint density at radius 2 is 1.91 bits per heavy atom. The summed E-state index contributed by atoms with van der Waals surface area (Å²) in [6, 6.07) is 15.0. The highest BCUT2D eigenvalue weighted by Gasteiger charge is 2.26. The van der Waals surface area contributed by atoms with Crippen molar-refractivity contribution in [2.45, 2.75) is 57.0 Å². The minimum atomic E-state index is -3.78. The zero-order valence-electron chi connectivity index (χ0n) is 18.7. The highest BCUT2D eigenvalue weighted by molar-refractivity contribution is 7.92. The van der Waals surface area contributed by atoms with Crippen molar-refractivity contribution in [1.29, 1.82) is 0 Å². The summed E-state index contributed by atoms with van der Waals surface area (Å²) in [4.78, 5) is 2.55. The fraction of sp³-hybridized carbons (Fsp3) is 0.375. The van der Waals surface area contributed by atoms with E-state index in [4.69, 9.17) is 16.1 Å². The molecule has 0 unspecified atom stereocenters. The summed E-state index contributed by atoms with van der Waals surface area (Å²) in [6.45, 7) is 9.66. The zero-order chi connectivity index (χ0) is 23.1. The van der Waals surface area contributed by atoms with Crippen LogP contribution >= 0.6 is 11.6 Å². The van der Waals surface area contributed by atoms with Crippen molar-refractivity contribution in [3.05, 3.63) is 76.0 Å². The molecule has 170 valence electrons. The Morgan fingerprint density at radius 3 is 2.59 bits per heavy atom. The number of sulfonamides is 1. The fourth-order valence-corrected chi connectivity index (χ4v) is 5.14. The molecule has 1 N–H and O–H groups in total. The van der Waals surface area contributed by atoms with Crippen molar-refractivity contribution in [2.75, 3.05) is 11.3 Å². The van der Waals surface area contributed by atoms with Crippen molar-refractivity contribution in [3.8, 4) is 0 Å². The standard InChI is InChI=1S/C24H28ClN3O3S/c1-16(18-6-5-7-20(25)12-18)28-11-10-17-8-9-21(13-19(17)15-28)32(29,30)27-23-14-22(31-26-23)24(2,3)4/h5-9,12-14,16H,10-11,15H2,1-4H3,(H,26,27)/t16-/m1/s1. The number of rotatable bonds is 5. The smallest absolute Gasteiger partial charge is 0.263 e. The van der Waals surface area contributed by atoms with Crippen LogP contribution in [0.3, 0.4) is 0 Å². The number of hydrogen-bond donors (Lipinski definition) is 1. The zero-order valence-corrected chi connectivity index (χ0v) is 20.3. The maximum absolute atomic E-state index is 13.0. The van der Waals surface area contributed by atoms with Gasteiger partial charge in [-0.1, -0.05) is 55.7 Å². The SMILES string of the molecule is C[C@H](c1cccc(Cl)c1)N1CCc2ccc(S(=O)(=O)Nc3cc(C(C)(C)C)on3)cc2C1. The average molecular weight is 474 g/mol. The molecule has 1 aliphatic rings. The van der Waals surface area contributed by atoms with Crippen LogP contribution in [0.5, 0.6) is 0 Å². The van der Waals surface area contributed by atoms with Gasteiger partial charge in [-0.3, -0.25) is 9.62 Å². The average Bonchev–Trinajstić information content (AvgIpc) is 3.21. The predicted octanol–water partition coefficient (Wildman–Crippen LogP) is 5.55. The molecule has 0 saturated heterocycles. The van der Waals surface area contributed by atoms with Crippen molar-refractivity contribution in [2.24, 2.45) is 0 Å². The van der Waals surface area contributed by atoms with E-state index in [2.05, 4.69) is 27.8 Å². The summed E-state index contributed by atoms with van der Waals surface area (Å²) >= 11 is 6.17. The number of aromatic nitrogens is 1. The minimum absolute atomic E-state index is 0.172. The van der Waals surface area contributed by atoms with Gasteiger partial charge in [0.2, 0.25) is 0 Å². The first kappa shape index (κ1) is 22.8. The van der Waals surface area contributed by atoms with Gasteiger partial charge in [0, 0.05) is 35.6 Å². The van der Waals surface area contributed by atoms with E-state index in [0.717, 1.165) is 24.1 Å². The number of benzene rings is 2. The molecule has 0 amide bonds. The molecule has 0 radical (unpaired) electrons. The van der Waals surface area contributed by atoms with E-state index < -0.39 is 10.0 Å². The maximum Gasteiger partial charge on any atom is 0.263 e. The van der Waals surface area contributed by atoms with Gasteiger partial charge in [-0.25, -0.2) is 8.42 Å². The van der Waals surface area contributed by atoms with Gasteiger partial charge >= 0.3 is 0 Å². The maximum atomic E-state index is 13.0. The van der Waals surface area contributed by atoms with Crippen LogP contribution in [0.15, 0.2) is 57.9 Å². The summed E-state index contributed by atoms with van der Waals surface area (Å²) in [6.07, 6.45) is 0.867. The molecule has 3 aromatic rings. The van der Waals surface area contributed by atoms with Gasteiger partial charge < -0.3 is 4.52 Å². The first-order valence-electron chi connectivity index (χ1n) is 10.6. The normalized spacial score (nSPS) is 15.9. The number of hydrogen-bond acceptors (Lipinski definition) is 5. The lowest BCUT2D eigenvalue weighted by molar-refractivity contribution is 0.192. The molecule has 0 fully saturated rings. The topological polar surface area (TPSA) is 75.4 Å². The van der Waals surface area contributed by atoms with Crippen LogP contribution < -0.4 is 4.72 Å². The number of fused-ring (bicyclic) bond motifs is 1. The third kappa shape index (κ3) is 4.85. The summed E-state index contributed by atoms with van der Waals surface area (Å²) in [5.74, 6) is 0.801. The second-order valence-electron chi connectivity index (χ2n) is 9.31. The van der Waals surface area contributed by atoms with Gasteiger partial charge in [0.25, 0.3) is 10.0 Å². The van der Waals surface area contributed by atoms with Crippen molar-refractivity contribution in [3.63, 3.8) is 0 Å². The Balaban J connectivity index is 1.54. The highest BCUT2D eigenvalue weighted by Crippen LogP contribution is 2.31. The van der Waals surface area contributed by atoms with Gasteiger partial charge in [-0.15, -0.1) is 0 Å². The molecular formula is C24H28ClN3O3S. The van der Waals surface area contributed by atoms with E-state index >= 15 is 0 Å². The molecule has 1 aliphatic heterocycles. The van der Waals surface area contributed by atoms with Crippen molar-refractivity contribution in [1.82, 2.24) is 10.1 Å². The molecule has 2 aromatic carbocycles. The molecule has 2 heterocycles. The summed E-state index contributed by atoms with van der Waals surface area (Å²) in [5, 5.41) is 4.59. The van der Waals surface area contributed by atoms with E-state index in [1.165, 1.54) is 5.56 Å². The number of halogens is 1. The minimum Gasteiger partial charge on any atom is -0.359 e. The van der Waals surface area contributed by atoms with Crippen LogP contribution in [0.4, 0.5) is 5.82 Å². The second-order valence-corrected chi connectivity index (χ2v) is 11.4. The molecular weight excluding hydrogens is 446 g/mol. The van der Waals surface area contributed by atoms with Gasteiger partial charge in [0.15, 0.2) is 5.82 Å². The lowest BCUT2D eigenvalue weighted by Gasteiger charge is -2.34. The van der Waals surface area contributed by atoms with Crippen LogP contribution in [0, 0.1) is 0 Å². The van der Waals surface area contributed by atoms with Crippen LogP contribution in [0.1, 0.15) is 56.2 Å².